The summed E-state index contributed by atoms with van der Waals surface area (Å²) in [5.74, 6) is 1.43. The monoisotopic (exact) mass is 580 g/mol. The molecular weight excluding hydrogens is 548 g/mol. The van der Waals surface area contributed by atoms with Crippen LogP contribution in [0.4, 0.5) is 0 Å². The summed E-state index contributed by atoms with van der Waals surface area (Å²) in [5.41, 5.74) is 9.68. The lowest BCUT2D eigenvalue weighted by atomic mass is 9.99. The van der Waals surface area contributed by atoms with Crippen molar-refractivity contribution in [1.29, 1.82) is 0 Å². The van der Waals surface area contributed by atoms with Crippen molar-refractivity contribution in [3.05, 3.63) is 84.4 Å². The molecule has 1 aromatic carbocycles. The molecule has 0 aliphatic carbocycles. The van der Waals surface area contributed by atoms with Crippen LogP contribution in [0.15, 0.2) is 41.4 Å². The van der Waals surface area contributed by atoms with Crippen molar-refractivity contribution >= 4 is 45.9 Å². The first-order valence-corrected chi connectivity index (χ1v) is 15.3. The fraction of sp³-hybridized carbons (Fsp3) is 0.379. The first-order chi connectivity index (χ1) is 18.9. The normalized spacial score (nSPS) is 14.5. The molecule has 1 aliphatic heterocycles. The Morgan fingerprint density at radius 2 is 1.74 bits per heavy atom. The Bertz CT molecular complexity index is 1500. The maximum absolute atomic E-state index is 13.1. The van der Waals surface area contributed by atoms with E-state index in [-0.39, 0.29) is 12.3 Å². The van der Waals surface area contributed by atoms with Crippen molar-refractivity contribution in [1.82, 2.24) is 20.1 Å². The van der Waals surface area contributed by atoms with E-state index in [9.17, 15) is 4.79 Å². The first kappa shape index (κ1) is 27.7. The van der Waals surface area contributed by atoms with E-state index < -0.39 is 6.04 Å². The molecule has 0 saturated carbocycles. The molecule has 4 aromatic rings. The summed E-state index contributed by atoms with van der Waals surface area (Å²) in [7, 11) is 0. The average molecular weight is 581 g/mol. The lowest BCUT2D eigenvalue weighted by Gasteiger charge is -2.13. The number of hydrogen-bond donors (Lipinski definition) is 2. The van der Waals surface area contributed by atoms with Gasteiger partial charge in [0.2, 0.25) is 5.91 Å². The lowest BCUT2D eigenvalue weighted by molar-refractivity contribution is -0.121. The second-order valence-electron chi connectivity index (χ2n) is 9.82. The van der Waals surface area contributed by atoms with Crippen LogP contribution in [-0.4, -0.2) is 39.5 Å². The first-order valence-electron chi connectivity index (χ1n) is 13.3. The van der Waals surface area contributed by atoms with Gasteiger partial charge in [-0.25, -0.2) is 0 Å². The quantitative estimate of drug-likeness (QED) is 0.228. The highest BCUT2D eigenvalue weighted by molar-refractivity contribution is 7.15. The van der Waals surface area contributed by atoms with E-state index in [0.717, 1.165) is 59.9 Å². The number of carbonyl (C=O) groups excluding carboxylic acids is 1. The molecule has 7 nitrogen and oxygen atoms in total. The van der Waals surface area contributed by atoms with E-state index in [0.29, 0.717) is 17.4 Å². The van der Waals surface area contributed by atoms with Gasteiger partial charge in [0.15, 0.2) is 5.82 Å². The summed E-state index contributed by atoms with van der Waals surface area (Å²) in [6.45, 7) is 7.52. The highest BCUT2D eigenvalue weighted by Crippen LogP contribution is 2.39. The van der Waals surface area contributed by atoms with Gasteiger partial charge >= 0.3 is 0 Å². The van der Waals surface area contributed by atoms with Crippen LogP contribution < -0.4 is 11.1 Å². The van der Waals surface area contributed by atoms with E-state index in [4.69, 9.17) is 22.3 Å². The van der Waals surface area contributed by atoms with Crippen LogP contribution >= 0.6 is 34.3 Å². The zero-order valence-electron chi connectivity index (χ0n) is 22.5. The predicted octanol–water partition coefficient (Wildman–Crippen LogP) is 5.89. The molecule has 0 spiro atoms. The third-order valence-electron chi connectivity index (χ3n) is 7.00. The molecule has 3 aromatic heterocycles. The van der Waals surface area contributed by atoms with Crippen LogP contribution in [0, 0.1) is 20.8 Å². The number of aliphatic imine (C=N–C) groups is 1. The number of halogens is 1. The summed E-state index contributed by atoms with van der Waals surface area (Å²) < 4.78 is 2.07. The van der Waals surface area contributed by atoms with Gasteiger partial charge in [-0.05, 0) is 82.8 Å². The van der Waals surface area contributed by atoms with Gasteiger partial charge in [0.05, 0.1) is 12.1 Å². The number of amides is 1. The van der Waals surface area contributed by atoms with Gasteiger partial charge in [-0.1, -0.05) is 23.7 Å². The minimum atomic E-state index is -0.460. The van der Waals surface area contributed by atoms with Gasteiger partial charge in [0.25, 0.3) is 0 Å². The zero-order chi connectivity index (χ0) is 27.5. The van der Waals surface area contributed by atoms with Crippen LogP contribution in [-0.2, 0) is 17.6 Å². The number of thiophene rings is 2. The summed E-state index contributed by atoms with van der Waals surface area (Å²) in [6, 6.07) is 11.6. The van der Waals surface area contributed by atoms with E-state index in [2.05, 4.69) is 46.1 Å². The van der Waals surface area contributed by atoms with E-state index in [1.165, 1.54) is 20.2 Å². The molecule has 5 rings (SSSR count). The van der Waals surface area contributed by atoms with Crippen molar-refractivity contribution in [3.8, 4) is 5.00 Å². The number of aromatic nitrogens is 3. The molecule has 0 unspecified atom stereocenters. The minimum Gasteiger partial charge on any atom is -0.356 e. The molecule has 204 valence electrons. The van der Waals surface area contributed by atoms with Crippen molar-refractivity contribution in [2.75, 3.05) is 13.1 Å². The van der Waals surface area contributed by atoms with Crippen molar-refractivity contribution in [2.45, 2.75) is 58.9 Å². The van der Waals surface area contributed by atoms with Crippen molar-refractivity contribution < 1.29 is 4.79 Å². The maximum atomic E-state index is 13.1. The van der Waals surface area contributed by atoms with Gasteiger partial charge < -0.3 is 11.1 Å². The van der Waals surface area contributed by atoms with E-state index in [1.54, 1.807) is 11.3 Å². The van der Waals surface area contributed by atoms with Gasteiger partial charge in [-0.3, -0.25) is 14.4 Å². The number of nitrogens with zero attached hydrogens (tertiary/aromatic N) is 4. The number of hydrogen-bond acceptors (Lipinski definition) is 7. The molecule has 0 fully saturated rings. The van der Waals surface area contributed by atoms with Crippen LogP contribution in [0.5, 0.6) is 0 Å². The van der Waals surface area contributed by atoms with Crippen molar-refractivity contribution in [2.24, 2.45) is 10.7 Å². The minimum absolute atomic E-state index is 0.0422. The third-order valence-corrected chi connectivity index (χ3v) is 9.65. The maximum Gasteiger partial charge on any atom is 0.222 e. The number of nitrogens with one attached hydrogen (secondary N) is 1. The van der Waals surface area contributed by atoms with E-state index >= 15 is 0 Å². The SMILES string of the molecule is Cc1sc2c(c1C)C(c1ccc(Cl)cc1)=N[C@@H](CC(=O)NCCCc1ccc(CCCN)s1)c1nnc(C)n1-2. The molecule has 39 heavy (non-hydrogen) atoms. The summed E-state index contributed by atoms with van der Waals surface area (Å²) in [5, 5.41) is 13.7. The van der Waals surface area contributed by atoms with Crippen LogP contribution in [0.25, 0.3) is 5.00 Å². The topological polar surface area (TPSA) is 98.2 Å². The summed E-state index contributed by atoms with van der Waals surface area (Å²) >= 11 is 9.74. The van der Waals surface area contributed by atoms with Crippen molar-refractivity contribution in [3.63, 3.8) is 0 Å². The second-order valence-corrected chi connectivity index (χ2v) is 12.7. The lowest BCUT2D eigenvalue weighted by Crippen LogP contribution is -2.26. The van der Waals surface area contributed by atoms with Gasteiger partial charge in [0.1, 0.15) is 16.9 Å². The largest absolute Gasteiger partial charge is 0.356 e. The molecule has 1 aliphatic rings. The second kappa shape index (κ2) is 12.1. The molecule has 4 heterocycles. The van der Waals surface area contributed by atoms with E-state index in [1.807, 2.05) is 42.5 Å². The third kappa shape index (κ3) is 6.01. The highest BCUT2D eigenvalue weighted by atomic mass is 35.5. The molecule has 0 bridgehead atoms. The smallest absolute Gasteiger partial charge is 0.222 e. The zero-order valence-corrected chi connectivity index (χ0v) is 24.8. The molecule has 1 atom stereocenters. The Kier molecular flexibility index (Phi) is 8.61. The Morgan fingerprint density at radius 3 is 2.46 bits per heavy atom. The Hall–Kier alpha value is -2.85. The van der Waals surface area contributed by atoms with Crippen LogP contribution in [0.1, 0.15) is 68.3 Å². The summed E-state index contributed by atoms with van der Waals surface area (Å²) in [6.07, 6.45) is 4.08. The number of carbonyl (C=O) groups is 1. The van der Waals surface area contributed by atoms with Crippen LogP contribution in [0.3, 0.4) is 0 Å². The molecule has 0 radical (unpaired) electrons. The van der Waals surface area contributed by atoms with Gasteiger partial charge in [-0.2, -0.15) is 0 Å². The summed E-state index contributed by atoms with van der Waals surface area (Å²) in [4.78, 5) is 22.2. The number of nitrogens with two attached hydrogens (primary N) is 1. The van der Waals surface area contributed by atoms with Gasteiger partial charge in [-0.15, -0.1) is 32.9 Å². The molecule has 1 amide bonds. The Morgan fingerprint density at radius 1 is 1.03 bits per heavy atom. The fourth-order valence-electron chi connectivity index (χ4n) is 4.84. The number of rotatable bonds is 10. The predicted molar refractivity (Wildman–Crippen MR) is 161 cm³/mol. The number of aryl methyl sites for hydroxylation is 4. The molecule has 3 N–H and O–H groups in total. The van der Waals surface area contributed by atoms with Gasteiger partial charge in [0, 0.05) is 37.3 Å². The standard InChI is InChI=1S/C29H33ClN6OS2/c1-17-18(2)38-29-26(17)27(20-8-10-21(30)11-9-20)33-24(28-35-34-19(3)36(28)29)16-25(37)32-15-5-7-23-13-12-22(39-23)6-4-14-31/h8-13,24H,4-7,14-16,31H2,1-3H3,(H,32,37)/t24-/m0/s1. The Balaban J connectivity index is 1.34. The number of benzene rings is 1. The highest BCUT2D eigenvalue weighted by Gasteiger charge is 2.32. The average Bonchev–Trinajstić information content (AvgIpc) is 3.59. The molecule has 10 heteroatoms. The molecular formula is C29H33ClN6OS2. The molecule has 0 saturated heterocycles. The number of fused-ring (bicyclic) bond motifs is 3. The fourth-order valence-corrected chi connectivity index (χ4v) is 7.28. The van der Waals surface area contributed by atoms with Crippen LogP contribution in [0.2, 0.25) is 5.02 Å². The Labute approximate surface area is 242 Å².